The predicted molar refractivity (Wildman–Crippen MR) is 60.6 cm³/mol. The van der Waals surface area contributed by atoms with Gasteiger partial charge in [0.05, 0.1) is 25.2 Å². The minimum absolute atomic E-state index is 0.0932. The van der Waals surface area contributed by atoms with Crippen LogP contribution in [0.15, 0.2) is 0 Å². The van der Waals surface area contributed by atoms with Crippen molar-refractivity contribution >= 4 is 11.9 Å². The standard InChI is InChI=1S/C10H20N2O5/c1-10(16,5-9(14)15)7-12-8(13)6-11-3-4-17-2/h11,16H,3-7H2,1-2H3,(H,12,13)(H,14,15). The number of carbonyl (C=O) groups excluding carboxylic acids is 1. The summed E-state index contributed by atoms with van der Waals surface area (Å²) in [6.07, 6.45) is -0.412. The van der Waals surface area contributed by atoms with Gasteiger partial charge in [0.1, 0.15) is 0 Å². The zero-order valence-corrected chi connectivity index (χ0v) is 10.2. The molecule has 0 spiro atoms. The molecule has 7 nitrogen and oxygen atoms in total. The van der Waals surface area contributed by atoms with Gasteiger partial charge in [-0.2, -0.15) is 0 Å². The Morgan fingerprint density at radius 1 is 1.41 bits per heavy atom. The highest BCUT2D eigenvalue weighted by Gasteiger charge is 2.24. The Labute approximate surface area is 100 Å². The number of rotatable bonds is 9. The summed E-state index contributed by atoms with van der Waals surface area (Å²) in [6.45, 7) is 2.43. The summed E-state index contributed by atoms with van der Waals surface area (Å²) in [5.41, 5.74) is -1.44. The van der Waals surface area contributed by atoms with Crippen molar-refractivity contribution in [2.24, 2.45) is 0 Å². The Balaban J connectivity index is 3.71. The van der Waals surface area contributed by atoms with Crippen LogP contribution in [0.5, 0.6) is 0 Å². The summed E-state index contributed by atoms with van der Waals surface area (Å²) in [4.78, 5) is 21.7. The van der Waals surface area contributed by atoms with Gasteiger partial charge in [0.25, 0.3) is 0 Å². The molecular formula is C10H20N2O5. The van der Waals surface area contributed by atoms with Crippen LogP contribution >= 0.6 is 0 Å². The van der Waals surface area contributed by atoms with E-state index in [-0.39, 0.29) is 19.0 Å². The van der Waals surface area contributed by atoms with Crippen LogP contribution in [0.3, 0.4) is 0 Å². The van der Waals surface area contributed by atoms with Gasteiger partial charge < -0.3 is 25.6 Å². The summed E-state index contributed by atoms with van der Waals surface area (Å²) < 4.78 is 4.78. The first-order valence-electron chi connectivity index (χ1n) is 5.28. The highest BCUT2D eigenvalue weighted by atomic mass is 16.5. The highest BCUT2D eigenvalue weighted by molar-refractivity contribution is 5.78. The Morgan fingerprint density at radius 3 is 2.59 bits per heavy atom. The molecule has 0 bridgehead atoms. The van der Waals surface area contributed by atoms with E-state index in [1.807, 2.05) is 0 Å². The van der Waals surface area contributed by atoms with E-state index in [0.29, 0.717) is 13.2 Å². The molecule has 0 aromatic heterocycles. The fraction of sp³-hybridized carbons (Fsp3) is 0.800. The molecule has 0 aliphatic rings. The van der Waals surface area contributed by atoms with Crippen LogP contribution in [0.2, 0.25) is 0 Å². The predicted octanol–water partition coefficient (Wildman–Crippen LogP) is -1.44. The van der Waals surface area contributed by atoms with Gasteiger partial charge in [0.15, 0.2) is 0 Å². The number of aliphatic carboxylic acids is 1. The third-order valence-electron chi connectivity index (χ3n) is 1.97. The van der Waals surface area contributed by atoms with Crippen LogP contribution < -0.4 is 10.6 Å². The lowest BCUT2D eigenvalue weighted by atomic mass is 10.0. The second-order valence-electron chi connectivity index (χ2n) is 4.01. The topological polar surface area (TPSA) is 108 Å². The molecule has 0 aromatic carbocycles. The molecule has 4 N–H and O–H groups in total. The summed E-state index contributed by atoms with van der Waals surface area (Å²) in [5, 5.41) is 23.4. The van der Waals surface area contributed by atoms with Crippen molar-refractivity contribution in [1.82, 2.24) is 10.6 Å². The van der Waals surface area contributed by atoms with Crippen molar-refractivity contribution in [2.45, 2.75) is 18.9 Å². The normalized spacial score (nSPS) is 14.1. The lowest BCUT2D eigenvalue weighted by Crippen LogP contribution is -2.45. The van der Waals surface area contributed by atoms with E-state index in [1.165, 1.54) is 6.92 Å². The van der Waals surface area contributed by atoms with E-state index in [2.05, 4.69) is 10.6 Å². The number of amides is 1. The van der Waals surface area contributed by atoms with E-state index in [0.717, 1.165) is 0 Å². The third kappa shape index (κ3) is 9.73. The van der Waals surface area contributed by atoms with Crippen molar-refractivity contribution < 1.29 is 24.5 Å². The minimum Gasteiger partial charge on any atom is -0.481 e. The Morgan fingerprint density at radius 2 is 2.06 bits per heavy atom. The number of methoxy groups -OCH3 is 1. The van der Waals surface area contributed by atoms with Gasteiger partial charge in [-0.3, -0.25) is 9.59 Å². The van der Waals surface area contributed by atoms with Crippen LogP contribution in [0.4, 0.5) is 0 Å². The molecule has 0 saturated carbocycles. The minimum atomic E-state index is -1.44. The van der Waals surface area contributed by atoms with Gasteiger partial charge >= 0.3 is 5.97 Å². The number of hydrogen-bond acceptors (Lipinski definition) is 5. The fourth-order valence-electron chi connectivity index (χ4n) is 1.12. The summed E-state index contributed by atoms with van der Waals surface area (Å²) in [5.74, 6) is -1.41. The molecule has 0 heterocycles. The zero-order chi connectivity index (χ0) is 13.3. The van der Waals surface area contributed by atoms with Crippen LogP contribution in [0, 0.1) is 0 Å². The molecule has 17 heavy (non-hydrogen) atoms. The Bertz CT molecular complexity index is 255. The van der Waals surface area contributed by atoms with Gasteiger partial charge in [-0.25, -0.2) is 0 Å². The molecule has 1 unspecified atom stereocenters. The molecule has 0 aliphatic carbocycles. The molecule has 100 valence electrons. The van der Waals surface area contributed by atoms with Gasteiger partial charge in [-0.05, 0) is 6.92 Å². The van der Waals surface area contributed by atoms with Crippen LogP contribution in [-0.2, 0) is 14.3 Å². The number of carbonyl (C=O) groups is 2. The summed E-state index contributed by atoms with van der Waals surface area (Å²) in [7, 11) is 1.56. The molecule has 0 aromatic rings. The maximum Gasteiger partial charge on any atom is 0.306 e. The SMILES string of the molecule is COCCNCC(=O)NCC(C)(O)CC(=O)O. The first-order valence-corrected chi connectivity index (χ1v) is 5.28. The van der Waals surface area contributed by atoms with Gasteiger partial charge in [0, 0.05) is 20.2 Å². The molecule has 0 saturated heterocycles. The number of ether oxygens (including phenoxy) is 1. The van der Waals surface area contributed by atoms with Gasteiger partial charge in [-0.1, -0.05) is 0 Å². The number of nitrogens with one attached hydrogen (secondary N) is 2. The molecule has 0 radical (unpaired) electrons. The van der Waals surface area contributed by atoms with Crippen molar-refractivity contribution in [3.63, 3.8) is 0 Å². The van der Waals surface area contributed by atoms with E-state index in [4.69, 9.17) is 9.84 Å². The maximum absolute atomic E-state index is 11.3. The van der Waals surface area contributed by atoms with E-state index in [9.17, 15) is 14.7 Å². The average molecular weight is 248 g/mol. The van der Waals surface area contributed by atoms with Crippen molar-refractivity contribution in [3.05, 3.63) is 0 Å². The summed E-state index contributed by atoms with van der Waals surface area (Å²) in [6, 6.07) is 0. The number of carboxylic acid groups (broad SMARTS) is 1. The Kier molecular flexibility index (Phi) is 7.44. The molecule has 0 aliphatic heterocycles. The van der Waals surface area contributed by atoms with Crippen molar-refractivity contribution in [3.8, 4) is 0 Å². The van der Waals surface area contributed by atoms with E-state index in [1.54, 1.807) is 7.11 Å². The lowest BCUT2D eigenvalue weighted by Gasteiger charge is -2.21. The first-order chi connectivity index (χ1) is 7.87. The second kappa shape index (κ2) is 7.99. The highest BCUT2D eigenvalue weighted by Crippen LogP contribution is 2.06. The molecular weight excluding hydrogens is 228 g/mol. The fourth-order valence-corrected chi connectivity index (χ4v) is 1.12. The quantitative estimate of drug-likeness (QED) is 0.372. The van der Waals surface area contributed by atoms with Crippen LogP contribution in [0.25, 0.3) is 0 Å². The van der Waals surface area contributed by atoms with Crippen molar-refractivity contribution in [2.75, 3.05) is 33.4 Å². The zero-order valence-electron chi connectivity index (χ0n) is 10.2. The lowest BCUT2D eigenvalue weighted by molar-refractivity contribution is -0.142. The van der Waals surface area contributed by atoms with Crippen molar-refractivity contribution in [1.29, 1.82) is 0 Å². The molecule has 7 heteroatoms. The molecule has 1 amide bonds. The maximum atomic E-state index is 11.3. The van der Waals surface area contributed by atoms with E-state index < -0.39 is 18.0 Å². The largest absolute Gasteiger partial charge is 0.481 e. The molecule has 1 atom stereocenters. The van der Waals surface area contributed by atoms with Crippen LogP contribution in [-0.4, -0.2) is 61.0 Å². The van der Waals surface area contributed by atoms with Gasteiger partial charge in [-0.15, -0.1) is 0 Å². The third-order valence-corrected chi connectivity index (χ3v) is 1.97. The van der Waals surface area contributed by atoms with Gasteiger partial charge in [0.2, 0.25) is 5.91 Å². The Hall–Kier alpha value is -1.18. The average Bonchev–Trinajstić information content (AvgIpc) is 2.20. The first kappa shape index (κ1) is 15.8. The number of carboxylic acids is 1. The monoisotopic (exact) mass is 248 g/mol. The van der Waals surface area contributed by atoms with Crippen LogP contribution in [0.1, 0.15) is 13.3 Å². The molecule has 0 fully saturated rings. The second-order valence-corrected chi connectivity index (χ2v) is 4.01. The number of hydrogen-bond donors (Lipinski definition) is 4. The molecule has 0 rings (SSSR count). The summed E-state index contributed by atoms with van der Waals surface area (Å²) >= 11 is 0. The van der Waals surface area contributed by atoms with E-state index >= 15 is 0 Å². The smallest absolute Gasteiger partial charge is 0.306 e. The number of aliphatic hydroxyl groups is 1.